The summed E-state index contributed by atoms with van der Waals surface area (Å²) in [6.07, 6.45) is 2.43. The first-order valence-corrected chi connectivity index (χ1v) is 5.64. The number of pyridine rings is 1. The molecule has 0 saturated carbocycles. The molecule has 0 aliphatic rings. The Bertz CT molecular complexity index is 580. The van der Waals surface area contributed by atoms with Crippen molar-refractivity contribution in [3.8, 4) is 6.07 Å². The lowest BCUT2D eigenvalue weighted by Gasteiger charge is -2.06. The normalized spacial score (nSPS) is 10.1. The predicted molar refractivity (Wildman–Crippen MR) is 66.9 cm³/mol. The molecule has 0 bridgehead atoms. The van der Waals surface area contributed by atoms with Gasteiger partial charge in [-0.3, -0.25) is 0 Å². The van der Waals surface area contributed by atoms with Crippen LogP contribution in [0.1, 0.15) is 17.1 Å². The number of anilines is 1. The number of rotatable bonds is 4. The van der Waals surface area contributed by atoms with Crippen molar-refractivity contribution in [2.75, 3.05) is 11.9 Å². The fourth-order valence-corrected chi connectivity index (χ4v) is 1.66. The molecule has 0 saturated heterocycles. The molecular formula is C12H14N6. The topological polar surface area (TPSA) is 79.4 Å². The van der Waals surface area contributed by atoms with Crippen LogP contribution in [0.3, 0.4) is 0 Å². The third-order valence-corrected chi connectivity index (χ3v) is 2.54. The molecule has 18 heavy (non-hydrogen) atoms. The Balaban J connectivity index is 1.97. The second kappa shape index (κ2) is 5.27. The highest BCUT2D eigenvalue weighted by Crippen LogP contribution is 2.09. The van der Waals surface area contributed by atoms with Crippen LogP contribution in [0.15, 0.2) is 18.5 Å². The Kier molecular flexibility index (Phi) is 3.53. The van der Waals surface area contributed by atoms with Crippen LogP contribution in [0.25, 0.3) is 0 Å². The van der Waals surface area contributed by atoms with Crippen LogP contribution in [-0.2, 0) is 13.5 Å². The summed E-state index contributed by atoms with van der Waals surface area (Å²) < 4.78 is 1.88. The van der Waals surface area contributed by atoms with E-state index in [1.54, 1.807) is 18.5 Å². The van der Waals surface area contributed by atoms with Crippen molar-refractivity contribution in [3.63, 3.8) is 0 Å². The van der Waals surface area contributed by atoms with Crippen molar-refractivity contribution in [3.05, 3.63) is 35.5 Å². The highest BCUT2D eigenvalue weighted by atomic mass is 15.2. The summed E-state index contributed by atoms with van der Waals surface area (Å²) in [5, 5.41) is 19.9. The van der Waals surface area contributed by atoms with Crippen molar-refractivity contribution >= 4 is 5.82 Å². The molecule has 2 aromatic heterocycles. The van der Waals surface area contributed by atoms with Gasteiger partial charge in [-0.1, -0.05) is 0 Å². The van der Waals surface area contributed by atoms with Crippen LogP contribution in [0.4, 0.5) is 5.82 Å². The Morgan fingerprint density at radius 1 is 1.44 bits per heavy atom. The fourth-order valence-electron chi connectivity index (χ4n) is 1.66. The third kappa shape index (κ3) is 2.83. The van der Waals surface area contributed by atoms with Gasteiger partial charge in [0.15, 0.2) is 0 Å². The van der Waals surface area contributed by atoms with E-state index in [1.165, 1.54) is 0 Å². The van der Waals surface area contributed by atoms with Crippen LogP contribution < -0.4 is 5.32 Å². The summed E-state index contributed by atoms with van der Waals surface area (Å²) in [7, 11) is 1.91. The van der Waals surface area contributed by atoms with Gasteiger partial charge in [0, 0.05) is 25.7 Å². The van der Waals surface area contributed by atoms with Gasteiger partial charge >= 0.3 is 0 Å². The molecule has 2 rings (SSSR count). The van der Waals surface area contributed by atoms with Crippen molar-refractivity contribution in [2.45, 2.75) is 13.3 Å². The van der Waals surface area contributed by atoms with Gasteiger partial charge in [0.25, 0.3) is 0 Å². The van der Waals surface area contributed by atoms with Crippen LogP contribution in [0, 0.1) is 18.3 Å². The van der Waals surface area contributed by atoms with Crippen molar-refractivity contribution < 1.29 is 0 Å². The molecule has 0 aromatic carbocycles. The first kappa shape index (κ1) is 12.0. The first-order chi connectivity index (χ1) is 8.69. The number of nitriles is 1. The maximum atomic E-state index is 8.87. The molecule has 1 N–H and O–H groups in total. The monoisotopic (exact) mass is 242 g/mol. The standard InChI is InChI=1S/C12H14N6/c1-9-5-10(7-13)6-11(16-9)14-4-3-12-17-15-8-18(12)2/h5-6,8H,3-4H2,1-2H3,(H,14,16). The van der Waals surface area contributed by atoms with Crippen LogP contribution in [0.2, 0.25) is 0 Å². The molecule has 2 heterocycles. The van der Waals surface area contributed by atoms with E-state index < -0.39 is 0 Å². The summed E-state index contributed by atoms with van der Waals surface area (Å²) in [6.45, 7) is 2.57. The van der Waals surface area contributed by atoms with E-state index in [0.29, 0.717) is 17.9 Å². The van der Waals surface area contributed by atoms with Crippen LogP contribution >= 0.6 is 0 Å². The second-order valence-corrected chi connectivity index (χ2v) is 4.03. The highest BCUT2D eigenvalue weighted by Gasteiger charge is 2.02. The molecule has 0 unspecified atom stereocenters. The fraction of sp³-hybridized carbons (Fsp3) is 0.333. The Labute approximate surface area is 105 Å². The smallest absolute Gasteiger partial charge is 0.134 e. The Morgan fingerprint density at radius 3 is 2.94 bits per heavy atom. The number of aromatic nitrogens is 4. The molecule has 6 nitrogen and oxygen atoms in total. The van der Waals surface area contributed by atoms with Crippen molar-refractivity contribution in [1.29, 1.82) is 5.26 Å². The molecule has 6 heteroatoms. The van der Waals surface area contributed by atoms with Crippen LogP contribution in [0.5, 0.6) is 0 Å². The highest BCUT2D eigenvalue weighted by molar-refractivity contribution is 5.44. The molecule has 2 aromatic rings. The zero-order valence-electron chi connectivity index (χ0n) is 10.4. The molecule has 0 spiro atoms. The van der Waals surface area contributed by atoms with Gasteiger partial charge in [-0.25, -0.2) is 4.98 Å². The molecule has 0 aliphatic carbocycles. The lowest BCUT2D eigenvalue weighted by atomic mass is 10.2. The molecular weight excluding hydrogens is 228 g/mol. The van der Waals surface area contributed by atoms with Gasteiger partial charge in [0.05, 0.1) is 11.6 Å². The minimum absolute atomic E-state index is 0.614. The lowest BCUT2D eigenvalue weighted by molar-refractivity contribution is 0.787. The minimum atomic E-state index is 0.614. The van der Waals surface area contributed by atoms with E-state index in [1.807, 2.05) is 18.5 Å². The number of aryl methyl sites for hydroxylation is 2. The molecule has 0 radical (unpaired) electrons. The van der Waals surface area contributed by atoms with Gasteiger partial charge in [-0.2, -0.15) is 5.26 Å². The van der Waals surface area contributed by atoms with Gasteiger partial charge in [0.2, 0.25) is 0 Å². The molecule has 0 atom stereocenters. The maximum absolute atomic E-state index is 8.87. The first-order valence-electron chi connectivity index (χ1n) is 5.64. The largest absolute Gasteiger partial charge is 0.370 e. The average Bonchev–Trinajstić information content (AvgIpc) is 2.74. The number of nitrogens with zero attached hydrogens (tertiary/aromatic N) is 5. The average molecular weight is 242 g/mol. The van der Waals surface area contributed by atoms with Gasteiger partial charge in [-0.15, -0.1) is 10.2 Å². The molecule has 0 fully saturated rings. The summed E-state index contributed by atoms with van der Waals surface area (Å²) in [5.41, 5.74) is 1.44. The van der Waals surface area contributed by atoms with Crippen molar-refractivity contribution in [2.24, 2.45) is 7.05 Å². The SMILES string of the molecule is Cc1cc(C#N)cc(NCCc2nncn2C)n1. The zero-order valence-corrected chi connectivity index (χ0v) is 10.4. The van der Waals surface area contributed by atoms with Crippen LogP contribution in [-0.4, -0.2) is 26.3 Å². The third-order valence-electron chi connectivity index (χ3n) is 2.54. The molecule has 0 aliphatic heterocycles. The summed E-state index contributed by atoms with van der Waals surface area (Å²) in [4.78, 5) is 4.32. The van der Waals surface area contributed by atoms with Crippen molar-refractivity contribution in [1.82, 2.24) is 19.7 Å². The van der Waals surface area contributed by atoms with Gasteiger partial charge < -0.3 is 9.88 Å². The van der Waals surface area contributed by atoms with Gasteiger partial charge in [0.1, 0.15) is 18.0 Å². The number of hydrogen-bond acceptors (Lipinski definition) is 5. The lowest BCUT2D eigenvalue weighted by Crippen LogP contribution is -2.10. The zero-order chi connectivity index (χ0) is 13.0. The summed E-state index contributed by atoms with van der Waals surface area (Å²) in [6, 6.07) is 5.61. The van der Waals surface area contributed by atoms with E-state index in [-0.39, 0.29) is 0 Å². The van der Waals surface area contributed by atoms with E-state index in [0.717, 1.165) is 17.9 Å². The Morgan fingerprint density at radius 2 is 2.28 bits per heavy atom. The Hall–Kier alpha value is -2.42. The summed E-state index contributed by atoms with van der Waals surface area (Å²) >= 11 is 0. The van der Waals surface area contributed by atoms with Gasteiger partial charge in [-0.05, 0) is 19.1 Å². The quantitative estimate of drug-likeness (QED) is 0.866. The maximum Gasteiger partial charge on any atom is 0.134 e. The van der Waals surface area contributed by atoms with E-state index in [4.69, 9.17) is 5.26 Å². The number of nitrogens with one attached hydrogen (secondary N) is 1. The summed E-state index contributed by atoms with van der Waals surface area (Å²) in [5.74, 6) is 1.63. The number of hydrogen-bond donors (Lipinski definition) is 1. The van der Waals surface area contributed by atoms with E-state index >= 15 is 0 Å². The van der Waals surface area contributed by atoms with E-state index in [9.17, 15) is 0 Å². The molecule has 92 valence electrons. The molecule has 0 amide bonds. The predicted octanol–water partition coefficient (Wildman–Crippen LogP) is 1.04. The van der Waals surface area contributed by atoms with E-state index in [2.05, 4.69) is 26.6 Å². The minimum Gasteiger partial charge on any atom is -0.370 e. The second-order valence-electron chi connectivity index (χ2n) is 4.03.